The molecule has 0 radical (unpaired) electrons. The highest BCUT2D eigenvalue weighted by Crippen LogP contribution is 2.44. The van der Waals surface area contributed by atoms with Gasteiger partial charge in [0.1, 0.15) is 13.2 Å². The third-order valence-corrected chi connectivity index (χ3v) is 6.27. The van der Waals surface area contributed by atoms with Gasteiger partial charge in [0.2, 0.25) is 5.76 Å². The molecular weight excluding hydrogens is 472 g/mol. The summed E-state index contributed by atoms with van der Waals surface area (Å²) in [5.74, 6) is -2.11. The number of nitrogens with one attached hydrogen (secondary N) is 1. The molecule has 2 amide bonds. The Labute approximate surface area is 213 Å². The van der Waals surface area contributed by atoms with Gasteiger partial charge in [-0.15, -0.1) is 0 Å². The van der Waals surface area contributed by atoms with Gasteiger partial charge in [-0.25, -0.2) is 4.79 Å². The van der Waals surface area contributed by atoms with E-state index in [0.717, 1.165) is 32.7 Å². The van der Waals surface area contributed by atoms with Crippen LogP contribution in [0.4, 0.5) is 10.5 Å². The third-order valence-electron chi connectivity index (χ3n) is 6.27. The number of amides is 2. The van der Waals surface area contributed by atoms with Crippen molar-refractivity contribution in [2.24, 2.45) is 0 Å². The molecule has 2 N–H and O–H groups in total. The lowest BCUT2D eigenvalue weighted by atomic mass is 9.98. The summed E-state index contributed by atoms with van der Waals surface area (Å²) in [5.41, 5.74) is 5.26. The van der Waals surface area contributed by atoms with Gasteiger partial charge < -0.3 is 19.2 Å². The van der Waals surface area contributed by atoms with E-state index >= 15 is 0 Å². The third kappa shape index (κ3) is 5.08. The topological polar surface area (TPSA) is 109 Å². The first kappa shape index (κ1) is 23.9. The maximum atomic E-state index is 13.2. The number of carboxylic acids is 1. The number of aliphatic carboxylic acids is 1. The minimum atomic E-state index is -1.16. The number of hydrogen-bond donors (Lipinski definition) is 2. The van der Waals surface area contributed by atoms with E-state index < -0.39 is 24.5 Å². The van der Waals surface area contributed by atoms with Crippen molar-refractivity contribution in [1.82, 2.24) is 4.90 Å². The van der Waals surface area contributed by atoms with Gasteiger partial charge in [-0.1, -0.05) is 78.9 Å². The summed E-state index contributed by atoms with van der Waals surface area (Å²) in [5, 5.41) is 11.9. The predicted molar refractivity (Wildman–Crippen MR) is 136 cm³/mol. The summed E-state index contributed by atoms with van der Waals surface area (Å²) in [4.78, 5) is 38.4. The molecule has 1 aliphatic rings. The van der Waals surface area contributed by atoms with Crippen LogP contribution in [0.3, 0.4) is 0 Å². The number of anilines is 1. The normalized spacial score (nSPS) is 11.9. The van der Waals surface area contributed by atoms with E-state index in [1.54, 1.807) is 24.3 Å². The zero-order valence-corrected chi connectivity index (χ0v) is 19.8. The average Bonchev–Trinajstić information content (AvgIpc) is 3.49. The van der Waals surface area contributed by atoms with Crippen LogP contribution in [0.15, 0.2) is 95.6 Å². The van der Waals surface area contributed by atoms with Crippen LogP contribution in [0, 0.1) is 0 Å². The highest BCUT2D eigenvalue weighted by molar-refractivity contribution is 6.01. The molecule has 0 fully saturated rings. The number of fused-ring (bicyclic) bond motifs is 3. The predicted octanol–water partition coefficient (Wildman–Crippen LogP) is 5.37. The molecule has 0 unspecified atom stereocenters. The molecule has 3 aromatic carbocycles. The quantitative estimate of drug-likeness (QED) is 0.340. The van der Waals surface area contributed by atoms with Crippen LogP contribution in [-0.4, -0.2) is 41.1 Å². The molecule has 8 heteroatoms. The summed E-state index contributed by atoms with van der Waals surface area (Å²) in [6, 6.07) is 26.5. The minimum absolute atomic E-state index is 0.0665. The van der Waals surface area contributed by atoms with E-state index in [0.29, 0.717) is 0 Å². The Morgan fingerprint density at radius 2 is 1.49 bits per heavy atom. The molecule has 0 saturated carbocycles. The second-order valence-corrected chi connectivity index (χ2v) is 8.65. The number of nitrogens with zero attached hydrogens (tertiary/aromatic N) is 1. The van der Waals surface area contributed by atoms with Crippen LogP contribution in [0.1, 0.15) is 33.2 Å². The van der Waals surface area contributed by atoms with Crippen molar-refractivity contribution >= 4 is 23.7 Å². The minimum Gasteiger partial charge on any atom is -0.480 e. The monoisotopic (exact) mass is 496 g/mol. The van der Waals surface area contributed by atoms with Crippen molar-refractivity contribution < 1.29 is 28.6 Å². The number of carbonyl (C=O) groups excluding carboxylic acids is 2. The number of rotatable bonds is 8. The zero-order chi connectivity index (χ0) is 25.8. The number of furan rings is 1. The van der Waals surface area contributed by atoms with E-state index in [1.165, 1.54) is 12.3 Å². The summed E-state index contributed by atoms with van der Waals surface area (Å²) in [6.45, 7) is -0.351. The number of carboxylic acid groups (broad SMARTS) is 1. The fourth-order valence-electron chi connectivity index (χ4n) is 4.63. The largest absolute Gasteiger partial charge is 0.480 e. The Hall–Kier alpha value is -4.85. The molecule has 37 heavy (non-hydrogen) atoms. The maximum absolute atomic E-state index is 13.2. The molecule has 0 bridgehead atoms. The van der Waals surface area contributed by atoms with Gasteiger partial charge in [0.05, 0.1) is 12.0 Å². The standard InChI is InChI=1S/C29H24N2O6/c32-26(33)17-31(16-19-8-2-1-3-9-19)28(34)27-25(14-15-36-27)30-29(35)37-18-24-22-12-6-4-10-20(22)21-11-5-7-13-23(21)24/h1-15,24H,16-18H2,(H,30,35)(H,32,33). The van der Waals surface area contributed by atoms with Crippen molar-refractivity contribution in [3.63, 3.8) is 0 Å². The van der Waals surface area contributed by atoms with E-state index in [2.05, 4.69) is 17.4 Å². The van der Waals surface area contributed by atoms with Crippen LogP contribution in [0.25, 0.3) is 11.1 Å². The van der Waals surface area contributed by atoms with Gasteiger partial charge in [-0.2, -0.15) is 0 Å². The van der Waals surface area contributed by atoms with E-state index in [-0.39, 0.29) is 30.5 Å². The Morgan fingerprint density at radius 1 is 0.865 bits per heavy atom. The van der Waals surface area contributed by atoms with Crippen molar-refractivity contribution in [2.75, 3.05) is 18.5 Å². The number of ether oxygens (including phenoxy) is 1. The van der Waals surface area contributed by atoms with Crippen LogP contribution in [0.5, 0.6) is 0 Å². The molecule has 4 aromatic rings. The van der Waals surface area contributed by atoms with Gasteiger partial charge >= 0.3 is 12.1 Å². The van der Waals surface area contributed by atoms with E-state index in [1.807, 2.05) is 42.5 Å². The van der Waals surface area contributed by atoms with Gasteiger partial charge in [0, 0.05) is 18.5 Å². The first-order valence-corrected chi connectivity index (χ1v) is 11.8. The molecule has 5 rings (SSSR count). The molecule has 0 saturated heterocycles. The molecule has 0 aliphatic heterocycles. The molecule has 8 nitrogen and oxygen atoms in total. The van der Waals surface area contributed by atoms with Crippen LogP contribution < -0.4 is 5.32 Å². The Balaban J connectivity index is 1.28. The van der Waals surface area contributed by atoms with Crippen molar-refractivity contribution in [1.29, 1.82) is 0 Å². The highest BCUT2D eigenvalue weighted by atomic mass is 16.5. The smallest absolute Gasteiger partial charge is 0.411 e. The first-order valence-electron chi connectivity index (χ1n) is 11.8. The lowest BCUT2D eigenvalue weighted by Gasteiger charge is -2.20. The molecule has 1 heterocycles. The molecule has 1 aromatic heterocycles. The summed E-state index contributed by atoms with van der Waals surface area (Å²) in [6.07, 6.45) is 0.512. The summed E-state index contributed by atoms with van der Waals surface area (Å²) >= 11 is 0. The lowest BCUT2D eigenvalue weighted by Crippen LogP contribution is -2.35. The van der Waals surface area contributed by atoms with Crippen molar-refractivity contribution in [3.8, 4) is 11.1 Å². The van der Waals surface area contributed by atoms with Gasteiger partial charge in [0.25, 0.3) is 5.91 Å². The second-order valence-electron chi connectivity index (χ2n) is 8.65. The van der Waals surface area contributed by atoms with Crippen LogP contribution in [-0.2, 0) is 16.1 Å². The highest BCUT2D eigenvalue weighted by Gasteiger charge is 2.30. The van der Waals surface area contributed by atoms with Crippen molar-refractivity contribution in [3.05, 3.63) is 114 Å². The van der Waals surface area contributed by atoms with E-state index in [4.69, 9.17) is 9.15 Å². The number of benzene rings is 3. The average molecular weight is 497 g/mol. The maximum Gasteiger partial charge on any atom is 0.411 e. The fraction of sp³-hybridized carbons (Fsp3) is 0.138. The number of carbonyl (C=O) groups is 3. The van der Waals surface area contributed by atoms with Crippen molar-refractivity contribution in [2.45, 2.75) is 12.5 Å². The van der Waals surface area contributed by atoms with Gasteiger partial charge in [-0.3, -0.25) is 14.9 Å². The number of hydrogen-bond acceptors (Lipinski definition) is 5. The molecule has 1 aliphatic carbocycles. The summed E-state index contributed by atoms with van der Waals surface area (Å²) in [7, 11) is 0. The Bertz CT molecular complexity index is 1400. The second kappa shape index (κ2) is 10.4. The Morgan fingerprint density at radius 3 is 2.14 bits per heavy atom. The summed E-state index contributed by atoms with van der Waals surface area (Å²) < 4.78 is 10.9. The first-order chi connectivity index (χ1) is 18.0. The zero-order valence-electron chi connectivity index (χ0n) is 19.8. The lowest BCUT2D eigenvalue weighted by molar-refractivity contribution is -0.137. The molecule has 0 atom stereocenters. The SMILES string of the molecule is O=C(O)CN(Cc1ccccc1)C(=O)c1occc1NC(=O)OCC1c2ccccc2-c2ccccc21. The van der Waals surface area contributed by atoms with Gasteiger partial charge in [0.15, 0.2) is 0 Å². The van der Waals surface area contributed by atoms with E-state index in [9.17, 15) is 19.5 Å². The Kier molecular flexibility index (Phi) is 6.72. The van der Waals surface area contributed by atoms with Gasteiger partial charge in [-0.05, 0) is 27.8 Å². The molecule has 186 valence electrons. The van der Waals surface area contributed by atoms with Crippen LogP contribution in [0.2, 0.25) is 0 Å². The molecule has 0 spiro atoms. The van der Waals surface area contributed by atoms with Crippen LogP contribution >= 0.6 is 0 Å². The molecular formula is C29H24N2O6. The fourth-order valence-corrected chi connectivity index (χ4v) is 4.63.